The highest BCUT2D eigenvalue weighted by molar-refractivity contribution is 7.43. The molecule has 0 heterocycles. The summed E-state index contributed by atoms with van der Waals surface area (Å²) >= 11 is 0. The molecule has 1 nitrogen and oxygen atoms in total. The number of hydrogen-bond donors (Lipinski definition) is 0. The molecule has 2 heteroatoms. The Balaban J connectivity index is 2.29. The first-order valence-corrected chi connectivity index (χ1v) is 6.10. The molecule has 0 aliphatic carbocycles. The Morgan fingerprint density at radius 1 is 1.25 bits per heavy atom. The van der Waals surface area contributed by atoms with Crippen LogP contribution in [0.4, 0.5) is 0 Å². The van der Waals surface area contributed by atoms with E-state index < -0.39 is 7.80 Å². The molecule has 1 unspecified atom stereocenters. The third-order valence-corrected chi connectivity index (χ3v) is 2.73. The molecule has 12 heavy (non-hydrogen) atoms. The van der Waals surface area contributed by atoms with Crippen molar-refractivity contribution in [1.82, 2.24) is 0 Å². The summed E-state index contributed by atoms with van der Waals surface area (Å²) in [5, 5.41) is 0. The maximum Gasteiger partial charge on any atom is 0.335 e. The number of hydrogen-bond acceptors (Lipinski definition) is 1. The first-order valence-electron chi connectivity index (χ1n) is 4.21. The fourth-order valence-corrected chi connectivity index (χ4v) is 1.75. The summed E-state index contributed by atoms with van der Waals surface area (Å²) < 4.78 is 10.8. The molecule has 64 valence electrons. The van der Waals surface area contributed by atoms with E-state index in [-0.39, 0.29) is 0 Å². The molecular weight excluding hydrogens is 167 g/mol. The van der Waals surface area contributed by atoms with Crippen molar-refractivity contribution in [3.8, 4) is 0 Å². The van der Waals surface area contributed by atoms with Gasteiger partial charge < -0.3 is 0 Å². The van der Waals surface area contributed by atoms with Crippen LogP contribution < -0.4 is 0 Å². The summed E-state index contributed by atoms with van der Waals surface area (Å²) in [6.07, 6.45) is 2.94. The monoisotopic (exact) mass is 181 g/mol. The molecule has 0 aliphatic heterocycles. The van der Waals surface area contributed by atoms with Crippen molar-refractivity contribution in [2.75, 3.05) is 12.8 Å². The molecule has 0 saturated heterocycles. The highest BCUT2D eigenvalue weighted by atomic mass is 31.1. The van der Waals surface area contributed by atoms with E-state index in [1.165, 1.54) is 5.56 Å². The Bertz CT molecular complexity index is 243. The van der Waals surface area contributed by atoms with Crippen LogP contribution in [0.25, 0.3) is 0 Å². The van der Waals surface area contributed by atoms with E-state index >= 15 is 0 Å². The Morgan fingerprint density at radius 3 is 2.50 bits per heavy atom. The molecule has 0 bridgehead atoms. The van der Waals surface area contributed by atoms with Crippen molar-refractivity contribution in [3.05, 3.63) is 35.9 Å². The Morgan fingerprint density at radius 2 is 1.92 bits per heavy atom. The van der Waals surface area contributed by atoms with Crippen LogP contribution in [0.15, 0.2) is 30.3 Å². The van der Waals surface area contributed by atoms with Gasteiger partial charge in [-0.1, -0.05) is 34.9 Å². The third kappa shape index (κ3) is 3.64. The molecule has 1 aromatic rings. The smallest absolute Gasteiger partial charge is 0.0752 e. The Labute approximate surface area is 74.6 Å². The molecule has 0 saturated carbocycles. The van der Waals surface area contributed by atoms with Crippen molar-refractivity contribution >= 4 is 7.80 Å². The summed E-state index contributed by atoms with van der Waals surface area (Å²) in [6.45, 7) is 1.79. The van der Waals surface area contributed by atoms with Gasteiger partial charge in [0.15, 0.2) is 0 Å². The Kier molecular flexibility index (Phi) is 3.96. The standard InChI is InChI=1S/C10H14OP/c1-12(11)9-5-8-10-6-3-2-4-7-10/h2-4,6-7H,5,8-9H2,1H3/q+1. The molecule has 1 rings (SSSR count). The third-order valence-electron chi connectivity index (χ3n) is 1.78. The van der Waals surface area contributed by atoms with Crippen molar-refractivity contribution in [2.24, 2.45) is 0 Å². The van der Waals surface area contributed by atoms with E-state index in [2.05, 4.69) is 12.1 Å². The maximum atomic E-state index is 10.8. The van der Waals surface area contributed by atoms with E-state index in [0.717, 1.165) is 19.0 Å². The lowest BCUT2D eigenvalue weighted by Gasteiger charge is -1.95. The van der Waals surface area contributed by atoms with Crippen LogP contribution >= 0.6 is 7.80 Å². The first kappa shape index (κ1) is 9.41. The van der Waals surface area contributed by atoms with Crippen LogP contribution in [0, 0.1) is 0 Å². The number of benzene rings is 1. The molecular formula is C10H14OP+. The minimum Gasteiger partial charge on any atom is -0.0752 e. The van der Waals surface area contributed by atoms with E-state index in [9.17, 15) is 4.57 Å². The second-order valence-corrected chi connectivity index (χ2v) is 4.64. The lowest BCUT2D eigenvalue weighted by molar-refractivity contribution is 0.589. The average molecular weight is 181 g/mol. The van der Waals surface area contributed by atoms with Crippen molar-refractivity contribution < 1.29 is 4.57 Å². The fourth-order valence-electron chi connectivity index (χ4n) is 1.15. The molecule has 1 aromatic carbocycles. The molecule has 0 fully saturated rings. The summed E-state index contributed by atoms with van der Waals surface area (Å²) in [6, 6.07) is 10.3. The van der Waals surface area contributed by atoms with Crippen LogP contribution in [0.5, 0.6) is 0 Å². The fraction of sp³-hybridized carbons (Fsp3) is 0.400. The predicted octanol–water partition coefficient (Wildman–Crippen LogP) is 3.08. The number of rotatable bonds is 4. The van der Waals surface area contributed by atoms with Gasteiger partial charge in [-0.2, -0.15) is 0 Å². The summed E-state index contributed by atoms with van der Waals surface area (Å²) in [4.78, 5) is 0. The second kappa shape index (κ2) is 5.05. The van der Waals surface area contributed by atoms with Gasteiger partial charge in [-0.25, -0.2) is 0 Å². The lowest BCUT2D eigenvalue weighted by atomic mass is 10.1. The van der Waals surface area contributed by atoms with Crippen LogP contribution in [-0.4, -0.2) is 12.8 Å². The predicted molar refractivity (Wildman–Crippen MR) is 53.2 cm³/mol. The molecule has 1 atom stereocenters. The normalized spacial score (nSPS) is 11.2. The quantitative estimate of drug-likeness (QED) is 0.652. The van der Waals surface area contributed by atoms with Gasteiger partial charge >= 0.3 is 7.80 Å². The molecule has 0 N–H and O–H groups in total. The van der Waals surface area contributed by atoms with E-state index in [1.54, 1.807) is 6.66 Å². The van der Waals surface area contributed by atoms with E-state index in [1.807, 2.05) is 18.2 Å². The SMILES string of the molecule is C[P+](=O)CCCc1ccccc1. The lowest BCUT2D eigenvalue weighted by Crippen LogP contribution is -1.86. The topological polar surface area (TPSA) is 17.1 Å². The zero-order valence-electron chi connectivity index (χ0n) is 7.36. The van der Waals surface area contributed by atoms with Gasteiger partial charge in [0.2, 0.25) is 0 Å². The maximum absolute atomic E-state index is 10.8. The second-order valence-electron chi connectivity index (χ2n) is 2.94. The van der Waals surface area contributed by atoms with Crippen LogP contribution in [0.2, 0.25) is 0 Å². The highest BCUT2D eigenvalue weighted by Crippen LogP contribution is 2.16. The van der Waals surface area contributed by atoms with Gasteiger partial charge in [0, 0.05) is 0 Å². The van der Waals surface area contributed by atoms with Crippen LogP contribution in [-0.2, 0) is 11.0 Å². The van der Waals surface area contributed by atoms with Gasteiger partial charge in [0.1, 0.15) is 12.8 Å². The van der Waals surface area contributed by atoms with Gasteiger partial charge in [-0.05, 0) is 18.4 Å². The van der Waals surface area contributed by atoms with Crippen molar-refractivity contribution in [1.29, 1.82) is 0 Å². The van der Waals surface area contributed by atoms with Gasteiger partial charge in [0.25, 0.3) is 0 Å². The van der Waals surface area contributed by atoms with Crippen molar-refractivity contribution in [3.63, 3.8) is 0 Å². The summed E-state index contributed by atoms with van der Waals surface area (Å²) in [5.74, 6) is 0. The zero-order chi connectivity index (χ0) is 8.81. The molecule has 0 spiro atoms. The molecule has 0 aliphatic rings. The largest absolute Gasteiger partial charge is 0.335 e. The van der Waals surface area contributed by atoms with Gasteiger partial charge in [0.05, 0.1) is 0 Å². The van der Waals surface area contributed by atoms with Gasteiger partial charge in [-0.15, -0.1) is 0 Å². The zero-order valence-corrected chi connectivity index (χ0v) is 8.26. The van der Waals surface area contributed by atoms with E-state index in [0.29, 0.717) is 0 Å². The minimum absolute atomic E-state index is 0.851. The van der Waals surface area contributed by atoms with E-state index in [4.69, 9.17) is 0 Å². The molecule has 0 amide bonds. The highest BCUT2D eigenvalue weighted by Gasteiger charge is 2.03. The summed E-state index contributed by atoms with van der Waals surface area (Å²) in [5.41, 5.74) is 1.34. The summed E-state index contributed by atoms with van der Waals surface area (Å²) in [7, 11) is -0.947. The number of aryl methyl sites for hydroxylation is 1. The van der Waals surface area contributed by atoms with Gasteiger partial charge in [-0.3, -0.25) is 0 Å². The van der Waals surface area contributed by atoms with Crippen LogP contribution in [0.3, 0.4) is 0 Å². The Hall–Kier alpha value is -0.680. The average Bonchev–Trinajstić information content (AvgIpc) is 2.05. The van der Waals surface area contributed by atoms with Crippen molar-refractivity contribution in [2.45, 2.75) is 12.8 Å². The minimum atomic E-state index is -0.947. The molecule has 0 radical (unpaired) electrons. The molecule has 0 aromatic heterocycles. The van der Waals surface area contributed by atoms with Crippen LogP contribution in [0.1, 0.15) is 12.0 Å². The first-order chi connectivity index (χ1) is 5.79.